The largest absolute Gasteiger partial charge is 0.469 e. The quantitative estimate of drug-likeness (QED) is 0.532. The van der Waals surface area contributed by atoms with E-state index in [1.807, 2.05) is 13.1 Å². The van der Waals surface area contributed by atoms with Gasteiger partial charge in [0.05, 0.1) is 7.11 Å². The van der Waals surface area contributed by atoms with E-state index >= 15 is 0 Å². The summed E-state index contributed by atoms with van der Waals surface area (Å²) in [5, 5.41) is 2.87. The molecule has 0 saturated heterocycles. The molecule has 0 atom stereocenters. The fourth-order valence-corrected chi connectivity index (χ4v) is 2.25. The van der Waals surface area contributed by atoms with Crippen LogP contribution in [-0.4, -0.2) is 44.1 Å². The van der Waals surface area contributed by atoms with Gasteiger partial charge in [0.2, 0.25) is 0 Å². The van der Waals surface area contributed by atoms with Gasteiger partial charge in [-0.1, -0.05) is 30.3 Å². The molecule has 0 radical (unpaired) electrons. The Balaban J connectivity index is 2.04. The Bertz CT molecular complexity index is 463. The van der Waals surface area contributed by atoms with E-state index < -0.39 is 0 Å². The van der Waals surface area contributed by atoms with Crippen molar-refractivity contribution in [1.82, 2.24) is 10.2 Å². The molecule has 5 heteroatoms. The van der Waals surface area contributed by atoms with Gasteiger partial charge in [0, 0.05) is 26.6 Å². The highest BCUT2D eigenvalue weighted by molar-refractivity contribution is 5.73. The molecule has 0 unspecified atom stereocenters. The molecule has 5 nitrogen and oxygen atoms in total. The minimum Gasteiger partial charge on any atom is -0.469 e. The van der Waals surface area contributed by atoms with Crippen LogP contribution in [0.2, 0.25) is 0 Å². The Morgan fingerprint density at radius 3 is 2.52 bits per heavy atom. The molecule has 0 spiro atoms. The van der Waals surface area contributed by atoms with E-state index in [1.165, 1.54) is 12.7 Å². The number of carbonyl (C=O) groups is 2. The number of amides is 2. The zero-order valence-corrected chi connectivity index (χ0v) is 14.2. The maximum atomic E-state index is 11.9. The molecule has 0 aliphatic carbocycles. The van der Waals surface area contributed by atoms with Crippen LogP contribution in [0.1, 0.15) is 37.7 Å². The lowest BCUT2D eigenvalue weighted by Gasteiger charge is -2.17. The van der Waals surface area contributed by atoms with Gasteiger partial charge in [0.25, 0.3) is 0 Å². The lowest BCUT2D eigenvalue weighted by molar-refractivity contribution is -0.140. The lowest BCUT2D eigenvalue weighted by atomic mass is 10.1. The Labute approximate surface area is 139 Å². The van der Waals surface area contributed by atoms with Crippen LogP contribution in [0.5, 0.6) is 0 Å². The normalized spacial score (nSPS) is 10.2. The first-order chi connectivity index (χ1) is 11.1. The number of hydrogen-bond donors (Lipinski definition) is 1. The summed E-state index contributed by atoms with van der Waals surface area (Å²) in [4.78, 5) is 24.5. The third kappa shape index (κ3) is 8.86. The number of benzene rings is 1. The Morgan fingerprint density at radius 2 is 1.83 bits per heavy atom. The highest BCUT2D eigenvalue weighted by Gasteiger charge is 2.07. The van der Waals surface area contributed by atoms with Crippen LogP contribution in [0.4, 0.5) is 4.79 Å². The van der Waals surface area contributed by atoms with Gasteiger partial charge in [0.1, 0.15) is 0 Å². The van der Waals surface area contributed by atoms with Gasteiger partial charge in [-0.15, -0.1) is 0 Å². The van der Waals surface area contributed by atoms with Crippen molar-refractivity contribution in [2.75, 3.05) is 27.2 Å². The molecule has 0 bridgehead atoms. The molecule has 0 heterocycles. The molecule has 128 valence electrons. The number of nitrogens with one attached hydrogen (secondary N) is 1. The van der Waals surface area contributed by atoms with Crippen molar-refractivity contribution >= 4 is 12.0 Å². The van der Waals surface area contributed by atoms with Crippen molar-refractivity contribution in [3.05, 3.63) is 35.9 Å². The van der Waals surface area contributed by atoms with Crippen LogP contribution in [0, 0.1) is 0 Å². The molecule has 0 saturated carbocycles. The standard InChI is InChI=1S/C18H28N2O3/c1-20(15-9-7-12-16-10-4-3-5-11-16)18(22)19-14-8-6-13-17(21)23-2/h3-5,10-11H,6-9,12-15H2,1-2H3,(H,19,22). The molecule has 0 aromatic heterocycles. The predicted molar refractivity (Wildman–Crippen MR) is 91.3 cm³/mol. The highest BCUT2D eigenvalue weighted by Crippen LogP contribution is 2.05. The van der Waals surface area contributed by atoms with Gasteiger partial charge < -0.3 is 15.0 Å². The van der Waals surface area contributed by atoms with Gasteiger partial charge in [-0.05, 0) is 37.7 Å². The molecule has 0 fully saturated rings. The molecule has 1 aromatic rings. The van der Waals surface area contributed by atoms with E-state index in [-0.39, 0.29) is 12.0 Å². The first-order valence-electron chi connectivity index (χ1n) is 8.23. The van der Waals surface area contributed by atoms with Crippen molar-refractivity contribution in [3.63, 3.8) is 0 Å². The van der Waals surface area contributed by atoms with E-state index in [0.717, 1.165) is 38.6 Å². The molecule has 0 aliphatic rings. The van der Waals surface area contributed by atoms with Crippen molar-refractivity contribution in [2.24, 2.45) is 0 Å². The Kier molecular flexibility index (Phi) is 9.52. The summed E-state index contributed by atoms with van der Waals surface area (Å²) in [5.74, 6) is -0.202. The van der Waals surface area contributed by atoms with E-state index in [0.29, 0.717) is 13.0 Å². The van der Waals surface area contributed by atoms with Gasteiger partial charge in [-0.25, -0.2) is 4.79 Å². The number of ether oxygens (including phenoxy) is 1. The SMILES string of the molecule is COC(=O)CCCCNC(=O)N(C)CCCCc1ccccc1. The molecular formula is C18H28N2O3. The molecule has 1 aromatic carbocycles. The van der Waals surface area contributed by atoms with Crippen LogP contribution < -0.4 is 5.32 Å². The number of hydrogen-bond acceptors (Lipinski definition) is 3. The molecular weight excluding hydrogens is 292 g/mol. The number of rotatable bonds is 10. The average Bonchev–Trinajstić information content (AvgIpc) is 2.58. The maximum absolute atomic E-state index is 11.9. The minimum absolute atomic E-state index is 0.0530. The summed E-state index contributed by atoms with van der Waals surface area (Å²) in [6.07, 6.45) is 5.02. The first-order valence-corrected chi connectivity index (χ1v) is 8.23. The summed E-state index contributed by atoms with van der Waals surface area (Å²) in [7, 11) is 3.20. The van der Waals surface area contributed by atoms with Crippen LogP contribution in [0.15, 0.2) is 30.3 Å². The third-order valence-corrected chi connectivity index (χ3v) is 3.71. The van der Waals surface area contributed by atoms with Crippen molar-refractivity contribution in [1.29, 1.82) is 0 Å². The number of carbonyl (C=O) groups excluding carboxylic acids is 2. The van der Waals surface area contributed by atoms with Gasteiger partial charge in [-0.3, -0.25) is 4.79 Å². The van der Waals surface area contributed by atoms with Crippen molar-refractivity contribution in [2.45, 2.75) is 38.5 Å². The number of unbranched alkanes of at least 4 members (excludes halogenated alkanes) is 2. The number of esters is 1. The van der Waals surface area contributed by atoms with E-state index in [1.54, 1.807) is 4.90 Å². The van der Waals surface area contributed by atoms with E-state index in [9.17, 15) is 9.59 Å². The maximum Gasteiger partial charge on any atom is 0.317 e. The summed E-state index contributed by atoms with van der Waals surface area (Å²) >= 11 is 0. The second-order valence-electron chi connectivity index (χ2n) is 5.63. The minimum atomic E-state index is -0.202. The second kappa shape index (κ2) is 11.5. The highest BCUT2D eigenvalue weighted by atomic mass is 16.5. The summed E-state index contributed by atoms with van der Waals surface area (Å²) < 4.78 is 4.57. The second-order valence-corrected chi connectivity index (χ2v) is 5.63. The van der Waals surface area contributed by atoms with Crippen LogP contribution in [0.25, 0.3) is 0 Å². The molecule has 0 aliphatic heterocycles. The fraction of sp³-hybridized carbons (Fsp3) is 0.556. The summed E-state index contributed by atoms with van der Waals surface area (Å²) in [5.41, 5.74) is 1.34. The molecule has 1 N–H and O–H groups in total. The topological polar surface area (TPSA) is 58.6 Å². The number of aryl methyl sites for hydroxylation is 1. The fourth-order valence-electron chi connectivity index (χ4n) is 2.25. The van der Waals surface area contributed by atoms with Crippen LogP contribution in [0.3, 0.4) is 0 Å². The zero-order chi connectivity index (χ0) is 16.9. The summed E-state index contributed by atoms with van der Waals surface area (Å²) in [6, 6.07) is 10.3. The Hall–Kier alpha value is -2.04. The number of nitrogens with zero attached hydrogens (tertiary/aromatic N) is 1. The first kappa shape index (κ1) is 19.0. The smallest absolute Gasteiger partial charge is 0.317 e. The van der Waals surface area contributed by atoms with Crippen molar-refractivity contribution in [3.8, 4) is 0 Å². The van der Waals surface area contributed by atoms with Gasteiger partial charge >= 0.3 is 12.0 Å². The average molecular weight is 320 g/mol. The van der Waals surface area contributed by atoms with E-state index in [4.69, 9.17) is 0 Å². The zero-order valence-electron chi connectivity index (χ0n) is 14.2. The number of methoxy groups -OCH3 is 1. The third-order valence-electron chi connectivity index (χ3n) is 3.71. The molecule has 1 rings (SSSR count). The number of urea groups is 1. The van der Waals surface area contributed by atoms with Crippen LogP contribution in [-0.2, 0) is 16.0 Å². The van der Waals surface area contributed by atoms with Crippen LogP contribution >= 0.6 is 0 Å². The Morgan fingerprint density at radius 1 is 1.09 bits per heavy atom. The van der Waals surface area contributed by atoms with Gasteiger partial charge in [0.15, 0.2) is 0 Å². The monoisotopic (exact) mass is 320 g/mol. The molecule has 23 heavy (non-hydrogen) atoms. The lowest BCUT2D eigenvalue weighted by Crippen LogP contribution is -2.38. The van der Waals surface area contributed by atoms with Gasteiger partial charge in [-0.2, -0.15) is 0 Å². The van der Waals surface area contributed by atoms with E-state index in [2.05, 4.69) is 34.3 Å². The predicted octanol–water partition coefficient (Wildman–Crippen LogP) is 2.99. The summed E-state index contributed by atoms with van der Waals surface area (Å²) in [6.45, 7) is 1.34. The van der Waals surface area contributed by atoms with Crippen molar-refractivity contribution < 1.29 is 14.3 Å². The molecule has 2 amide bonds.